The summed E-state index contributed by atoms with van der Waals surface area (Å²) in [6.45, 7) is 5.00. The van der Waals surface area contributed by atoms with Crippen LogP contribution in [0.1, 0.15) is 51.9 Å². The standard InChI is InChI=1S/C20H30N3O2/c1-15-3-2-11-21-18(15)22-12-8-20(9-13-22)10-14-23(19(20)25)16-4-6-17(24)7-5-16/h3,11,16-18,21,24H,4-10,12-14H2,1H3/t16-,17+,18?. The number of nitrogens with one attached hydrogen (secondary N) is 1. The van der Waals surface area contributed by atoms with Gasteiger partial charge in [-0.05, 0) is 63.5 Å². The highest BCUT2D eigenvalue weighted by Gasteiger charge is 2.50. The van der Waals surface area contributed by atoms with E-state index in [1.807, 2.05) is 12.3 Å². The number of rotatable bonds is 2. The number of dihydropyridines is 1. The minimum Gasteiger partial charge on any atom is -0.393 e. The third-order valence-corrected chi connectivity index (χ3v) is 6.84. The van der Waals surface area contributed by atoms with Crippen molar-refractivity contribution in [1.82, 2.24) is 15.1 Å². The van der Waals surface area contributed by atoms with Gasteiger partial charge < -0.3 is 15.3 Å². The first kappa shape index (κ1) is 17.1. The number of carbonyl (C=O) groups excluding carboxylic acids is 1. The first-order chi connectivity index (χ1) is 12.1. The molecule has 1 radical (unpaired) electrons. The lowest BCUT2D eigenvalue weighted by Gasteiger charge is -2.43. The zero-order chi connectivity index (χ0) is 17.4. The Balaban J connectivity index is 1.37. The van der Waals surface area contributed by atoms with E-state index in [4.69, 9.17) is 0 Å². The monoisotopic (exact) mass is 344 g/mol. The van der Waals surface area contributed by atoms with Gasteiger partial charge in [0.15, 0.2) is 0 Å². The molecule has 2 N–H and O–H groups in total. The Morgan fingerprint density at radius 3 is 2.52 bits per heavy atom. The van der Waals surface area contributed by atoms with Crippen LogP contribution < -0.4 is 5.32 Å². The number of aliphatic hydroxyl groups is 1. The zero-order valence-electron chi connectivity index (χ0n) is 15.2. The van der Waals surface area contributed by atoms with Gasteiger partial charge in [-0.25, -0.2) is 0 Å². The molecule has 3 heterocycles. The van der Waals surface area contributed by atoms with E-state index < -0.39 is 0 Å². The molecule has 4 rings (SSSR count). The summed E-state index contributed by atoms with van der Waals surface area (Å²) in [6.07, 6.45) is 13.7. The smallest absolute Gasteiger partial charge is 0.229 e. The molecule has 137 valence electrons. The second-order valence-electron chi connectivity index (χ2n) is 8.30. The van der Waals surface area contributed by atoms with E-state index in [1.54, 1.807) is 0 Å². The molecule has 0 aromatic carbocycles. The fourth-order valence-electron chi connectivity index (χ4n) is 5.14. The van der Waals surface area contributed by atoms with E-state index in [2.05, 4.69) is 28.1 Å². The van der Waals surface area contributed by atoms with Crippen molar-refractivity contribution in [3.8, 4) is 0 Å². The van der Waals surface area contributed by atoms with E-state index in [0.29, 0.717) is 11.9 Å². The maximum absolute atomic E-state index is 13.2. The Kier molecular flexibility index (Phi) is 4.63. The number of carbonyl (C=O) groups is 1. The van der Waals surface area contributed by atoms with Crippen LogP contribution in [0.4, 0.5) is 0 Å². The summed E-state index contributed by atoms with van der Waals surface area (Å²) in [6, 6.07) is 0.360. The van der Waals surface area contributed by atoms with Crippen molar-refractivity contribution < 1.29 is 9.90 Å². The lowest BCUT2D eigenvalue weighted by molar-refractivity contribution is -0.141. The molecular weight excluding hydrogens is 314 g/mol. The molecule has 25 heavy (non-hydrogen) atoms. The summed E-state index contributed by atoms with van der Waals surface area (Å²) in [7, 11) is 0. The van der Waals surface area contributed by atoms with Gasteiger partial charge in [0.25, 0.3) is 0 Å². The van der Waals surface area contributed by atoms with Crippen molar-refractivity contribution in [1.29, 1.82) is 0 Å². The van der Waals surface area contributed by atoms with Gasteiger partial charge in [0.2, 0.25) is 5.91 Å². The van der Waals surface area contributed by atoms with E-state index in [0.717, 1.165) is 64.6 Å². The number of hydrogen-bond acceptors (Lipinski definition) is 4. The highest BCUT2D eigenvalue weighted by atomic mass is 16.3. The van der Waals surface area contributed by atoms with Crippen LogP contribution >= 0.6 is 0 Å². The maximum Gasteiger partial charge on any atom is 0.229 e. The minimum absolute atomic E-state index is 0.124. The highest BCUT2D eigenvalue weighted by Crippen LogP contribution is 2.44. The van der Waals surface area contributed by atoms with E-state index >= 15 is 0 Å². The first-order valence-electron chi connectivity index (χ1n) is 9.83. The quantitative estimate of drug-likeness (QED) is 0.802. The van der Waals surface area contributed by atoms with Gasteiger partial charge in [0.05, 0.1) is 11.5 Å². The van der Waals surface area contributed by atoms with Gasteiger partial charge in [0.1, 0.15) is 6.17 Å². The number of piperidine rings is 1. The molecule has 3 aliphatic heterocycles. The van der Waals surface area contributed by atoms with Gasteiger partial charge in [-0.15, -0.1) is 0 Å². The van der Waals surface area contributed by atoms with Crippen molar-refractivity contribution in [2.75, 3.05) is 19.6 Å². The number of nitrogens with zero attached hydrogens (tertiary/aromatic N) is 2. The summed E-state index contributed by atoms with van der Waals surface area (Å²) < 4.78 is 0. The number of aliphatic hydroxyl groups excluding tert-OH is 1. The van der Waals surface area contributed by atoms with Crippen LogP contribution in [0.5, 0.6) is 0 Å². The number of amides is 1. The maximum atomic E-state index is 13.2. The lowest BCUT2D eigenvalue weighted by Crippen LogP contribution is -2.53. The van der Waals surface area contributed by atoms with Crippen LogP contribution in [-0.2, 0) is 4.79 Å². The van der Waals surface area contributed by atoms with Crippen LogP contribution in [0.2, 0.25) is 0 Å². The summed E-state index contributed by atoms with van der Waals surface area (Å²) in [5, 5.41) is 13.1. The number of allylic oxidation sites excluding steroid dienone is 2. The first-order valence-corrected chi connectivity index (χ1v) is 9.83. The predicted octanol–water partition coefficient (Wildman–Crippen LogP) is 1.80. The molecule has 4 aliphatic rings. The second-order valence-corrected chi connectivity index (χ2v) is 8.30. The Morgan fingerprint density at radius 1 is 1.16 bits per heavy atom. The molecule has 1 saturated carbocycles. The van der Waals surface area contributed by atoms with Crippen molar-refractivity contribution in [2.45, 2.75) is 70.2 Å². The molecule has 0 bridgehead atoms. The molecule has 2 saturated heterocycles. The molecule has 0 aromatic heterocycles. The average molecular weight is 344 g/mol. The van der Waals surface area contributed by atoms with Crippen molar-refractivity contribution in [3.63, 3.8) is 0 Å². The molecule has 5 nitrogen and oxygen atoms in total. The number of likely N-dealkylation sites (tertiary alicyclic amines) is 2. The fraction of sp³-hybridized carbons (Fsp3) is 0.750. The minimum atomic E-state index is -0.156. The normalized spacial score (nSPS) is 35.8. The third-order valence-electron chi connectivity index (χ3n) is 6.84. The van der Waals surface area contributed by atoms with E-state index in [-0.39, 0.29) is 17.7 Å². The summed E-state index contributed by atoms with van der Waals surface area (Å²) in [5.41, 5.74) is 1.17. The van der Waals surface area contributed by atoms with Gasteiger partial charge in [-0.2, -0.15) is 0 Å². The Hall–Kier alpha value is -1.33. The van der Waals surface area contributed by atoms with Crippen LogP contribution in [0, 0.1) is 11.5 Å². The molecular formula is C20H30N3O2. The van der Waals surface area contributed by atoms with Crippen LogP contribution in [0.15, 0.2) is 17.8 Å². The van der Waals surface area contributed by atoms with Gasteiger partial charge in [0, 0.05) is 31.9 Å². The van der Waals surface area contributed by atoms with Gasteiger partial charge in [-0.3, -0.25) is 9.69 Å². The Morgan fingerprint density at radius 2 is 1.84 bits per heavy atom. The SMILES string of the molecule is CC1=C[C]=CNC1N1CCC2(CC1)CCN([C@H]1CC[C@@H](O)CC1)C2=O. The highest BCUT2D eigenvalue weighted by molar-refractivity contribution is 5.85. The molecule has 5 heteroatoms. The Labute approximate surface area is 150 Å². The molecule has 1 aliphatic carbocycles. The average Bonchev–Trinajstić information content (AvgIpc) is 2.94. The molecule has 1 spiro atoms. The third kappa shape index (κ3) is 3.13. The van der Waals surface area contributed by atoms with Crippen LogP contribution in [-0.4, -0.2) is 58.8 Å². The van der Waals surface area contributed by atoms with Crippen LogP contribution in [0.25, 0.3) is 0 Å². The molecule has 0 aromatic rings. The largest absolute Gasteiger partial charge is 0.393 e. The predicted molar refractivity (Wildman–Crippen MR) is 96.3 cm³/mol. The summed E-state index contributed by atoms with van der Waals surface area (Å²) >= 11 is 0. The van der Waals surface area contributed by atoms with Crippen LogP contribution in [0.3, 0.4) is 0 Å². The van der Waals surface area contributed by atoms with Gasteiger partial charge in [-0.1, -0.05) is 6.08 Å². The molecule has 1 atom stereocenters. The molecule has 1 unspecified atom stereocenters. The van der Waals surface area contributed by atoms with E-state index in [1.165, 1.54) is 5.57 Å². The fourth-order valence-corrected chi connectivity index (χ4v) is 5.14. The topological polar surface area (TPSA) is 55.8 Å². The van der Waals surface area contributed by atoms with E-state index in [9.17, 15) is 9.90 Å². The Bertz CT molecular complexity index is 569. The van der Waals surface area contributed by atoms with Crippen molar-refractivity contribution in [2.24, 2.45) is 5.41 Å². The second kappa shape index (κ2) is 6.76. The molecule has 3 fully saturated rings. The van der Waals surface area contributed by atoms with Gasteiger partial charge >= 0.3 is 0 Å². The lowest BCUT2D eigenvalue weighted by atomic mass is 9.76. The number of hydrogen-bond donors (Lipinski definition) is 2. The summed E-state index contributed by atoms with van der Waals surface area (Å²) in [5.74, 6) is 0.394. The zero-order valence-corrected chi connectivity index (χ0v) is 15.2. The van der Waals surface area contributed by atoms with Crippen molar-refractivity contribution >= 4 is 5.91 Å². The molecule has 1 amide bonds. The summed E-state index contributed by atoms with van der Waals surface area (Å²) in [4.78, 5) is 17.8. The van der Waals surface area contributed by atoms with Crippen molar-refractivity contribution in [3.05, 3.63) is 23.9 Å².